The van der Waals surface area contributed by atoms with Crippen molar-refractivity contribution in [2.45, 2.75) is 50.4 Å². The van der Waals surface area contributed by atoms with Crippen LogP contribution in [0.4, 0.5) is 16.0 Å². The zero-order valence-corrected chi connectivity index (χ0v) is 34.9. The average Bonchev–Trinajstić information content (AvgIpc) is 3.51. The van der Waals surface area contributed by atoms with Crippen LogP contribution >= 0.6 is 11.6 Å². The average molecular weight is 872 g/mol. The summed E-state index contributed by atoms with van der Waals surface area (Å²) in [5.74, 6) is 0.158. The summed E-state index contributed by atoms with van der Waals surface area (Å²) in [6, 6.07) is 17.8. The van der Waals surface area contributed by atoms with Crippen LogP contribution in [-0.4, -0.2) is 94.7 Å². The number of nitrogens with zero attached hydrogens (tertiary/aromatic N) is 5. The number of carbonyl (C=O) groups is 4. The van der Waals surface area contributed by atoms with E-state index < -0.39 is 23.4 Å². The number of anilines is 2. The number of ether oxygens (including phenoxy) is 4. The number of methoxy groups -OCH3 is 2. The number of halogens is 2. The number of amides is 4. The van der Waals surface area contributed by atoms with E-state index in [4.69, 9.17) is 40.5 Å². The van der Waals surface area contributed by atoms with Gasteiger partial charge in [-0.25, -0.2) is 14.4 Å². The van der Waals surface area contributed by atoms with Gasteiger partial charge in [0.25, 0.3) is 11.8 Å². The summed E-state index contributed by atoms with van der Waals surface area (Å²) in [5.41, 5.74) is 4.67. The topological polar surface area (TPSA) is 174 Å². The Morgan fingerprint density at radius 3 is 2.57 bits per heavy atom. The number of aliphatic imine (C=N–C) groups is 1. The van der Waals surface area contributed by atoms with Gasteiger partial charge < -0.3 is 34.1 Å². The van der Waals surface area contributed by atoms with Gasteiger partial charge in [-0.1, -0.05) is 23.7 Å². The molecule has 1 unspecified atom stereocenters. The summed E-state index contributed by atoms with van der Waals surface area (Å²) in [6.45, 7) is 1.45. The molecule has 2 saturated heterocycles. The maximum Gasteiger partial charge on any atom is 0.257 e. The van der Waals surface area contributed by atoms with E-state index in [1.165, 1.54) is 25.2 Å². The van der Waals surface area contributed by atoms with Gasteiger partial charge in [0.15, 0.2) is 11.5 Å². The second-order valence-electron chi connectivity index (χ2n) is 16.0. The van der Waals surface area contributed by atoms with Gasteiger partial charge in [-0.15, -0.1) is 0 Å². The minimum Gasteiger partial charge on any atom is -0.496 e. The van der Waals surface area contributed by atoms with Crippen molar-refractivity contribution in [3.05, 3.63) is 117 Å². The smallest absolute Gasteiger partial charge is 0.257 e. The van der Waals surface area contributed by atoms with Crippen molar-refractivity contribution in [3.63, 3.8) is 0 Å². The lowest BCUT2D eigenvalue weighted by Gasteiger charge is -2.44. The van der Waals surface area contributed by atoms with Crippen molar-refractivity contribution < 1.29 is 42.5 Å². The zero-order chi connectivity index (χ0) is 43.6. The van der Waals surface area contributed by atoms with Crippen LogP contribution in [0.5, 0.6) is 23.0 Å². The van der Waals surface area contributed by atoms with Crippen molar-refractivity contribution in [3.8, 4) is 34.3 Å². The Labute approximate surface area is 365 Å². The number of fused-ring (bicyclic) bond motifs is 5. The zero-order valence-electron chi connectivity index (χ0n) is 34.1. The van der Waals surface area contributed by atoms with Gasteiger partial charge in [0, 0.05) is 84.1 Å². The molecule has 0 bridgehead atoms. The first-order chi connectivity index (χ1) is 30.5. The number of carbonyl (C=O) groups excluding carboxylic acids is 4. The second kappa shape index (κ2) is 15.7. The fourth-order valence-corrected chi connectivity index (χ4v) is 9.12. The van der Waals surface area contributed by atoms with Crippen molar-refractivity contribution in [2.75, 3.05) is 39.2 Å². The molecule has 1 aromatic heterocycles. The third-order valence-electron chi connectivity index (χ3n) is 12.3. The molecule has 10 rings (SSSR count). The molecular formula is C46H39ClFN7O8. The fourth-order valence-electron chi connectivity index (χ4n) is 8.95. The molecule has 320 valence electrons. The number of piperidine rings is 2. The normalized spacial score (nSPS) is 18.4. The Balaban J connectivity index is 0.824. The molecule has 2 N–H and O–H groups in total. The van der Waals surface area contributed by atoms with Crippen LogP contribution in [0.25, 0.3) is 11.3 Å². The molecule has 17 heteroatoms. The van der Waals surface area contributed by atoms with Crippen molar-refractivity contribution >= 4 is 52.6 Å². The van der Waals surface area contributed by atoms with E-state index in [1.54, 1.807) is 65.7 Å². The van der Waals surface area contributed by atoms with Crippen LogP contribution in [0, 0.1) is 5.82 Å². The molecular weight excluding hydrogens is 833 g/mol. The summed E-state index contributed by atoms with van der Waals surface area (Å²) >= 11 is 6.47. The lowest BCUT2D eigenvalue weighted by molar-refractivity contribution is -0.136. The molecule has 0 aliphatic carbocycles. The summed E-state index contributed by atoms with van der Waals surface area (Å²) in [6.07, 6.45) is 3.13. The quantitative estimate of drug-likeness (QED) is 0.177. The lowest BCUT2D eigenvalue weighted by atomic mass is 9.90. The molecule has 4 aromatic carbocycles. The van der Waals surface area contributed by atoms with Gasteiger partial charge in [0.1, 0.15) is 35.6 Å². The lowest BCUT2D eigenvalue weighted by Crippen LogP contribution is -2.54. The number of rotatable bonds is 7. The van der Waals surface area contributed by atoms with Crippen LogP contribution in [0.3, 0.4) is 0 Å². The summed E-state index contributed by atoms with van der Waals surface area (Å²) < 4.78 is 39.4. The van der Waals surface area contributed by atoms with Crippen LogP contribution in [0.1, 0.15) is 68.7 Å². The van der Waals surface area contributed by atoms with Crippen LogP contribution in [0.15, 0.2) is 77.9 Å². The van der Waals surface area contributed by atoms with E-state index in [-0.39, 0.29) is 61.8 Å². The largest absolute Gasteiger partial charge is 0.496 e. The number of nitrogens with one attached hydrogen (secondary N) is 2. The Bertz CT molecular complexity index is 2810. The maximum atomic E-state index is 15.4. The van der Waals surface area contributed by atoms with Crippen LogP contribution in [-0.2, 0) is 22.7 Å². The number of imide groups is 1. The fraction of sp³-hybridized carbons (Fsp3) is 0.283. The Kier molecular flexibility index (Phi) is 9.96. The highest BCUT2D eigenvalue weighted by Crippen LogP contribution is 2.44. The van der Waals surface area contributed by atoms with Gasteiger partial charge in [0.05, 0.1) is 43.3 Å². The number of benzene rings is 4. The monoisotopic (exact) mass is 871 g/mol. The minimum atomic E-state index is -0.722. The summed E-state index contributed by atoms with van der Waals surface area (Å²) in [5, 5.41) is 6.02. The molecule has 0 saturated carbocycles. The molecule has 63 heavy (non-hydrogen) atoms. The number of aromatic nitrogens is 2. The second-order valence-corrected chi connectivity index (χ2v) is 16.4. The van der Waals surface area contributed by atoms with Crippen molar-refractivity contribution in [1.82, 2.24) is 25.1 Å². The van der Waals surface area contributed by atoms with Crippen LogP contribution in [0.2, 0.25) is 5.02 Å². The first kappa shape index (κ1) is 40.0. The van der Waals surface area contributed by atoms with Gasteiger partial charge in [0.2, 0.25) is 17.8 Å². The predicted octanol–water partition coefficient (Wildman–Crippen LogP) is 6.26. The van der Waals surface area contributed by atoms with E-state index in [2.05, 4.69) is 15.6 Å². The van der Waals surface area contributed by atoms with E-state index in [0.29, 0.717) is 93.3 Å². The highest BCUT2D eigenvalue weighted by atomic mass is 35.5. The Morgan fingerprint density at radius 2 is 1.78 bits per heavy atom. The van der Waals surface area contributed by atoms with Gasteiger partial charge >= 0.3 is 0 Å². The molecule has 1 spiro atoms. The molecule has 15 nitrogen and oxygen atoms in total. The van der Waals surface area contributed by atoms with Crippen molar-refractivity contribution in [2.24, 2.45) is 4.99 Å². The van der Waals surface area contributed by atoms with Gasteiger partial charge in [-0.3, -0.25) is 29.5 Å². The van der Waals surface area contributed by atoms with Crippen molar-refractivity contribution in [1.29, 1.82) is 0 Å². The maximum absolute atomic E-state index is 15.4. The Morgan fingerprint density at radius 1 is 0.952 bits per heavy atom. The highest BCUT2D eigenvalue weighted by molar-refractivity contribution is 6.31. The molecule has 0 radical (unpaired) electrons. The minimum absolute atomic E-state index is 0.172. The van der Waals surface area contributed by atoms with E-state index in [1.807, 2.05) is 6.07 Å². The molecule has 4 amide bonds. The van der Waals surface area contributed by atoms with E-state index >= 15 is 4.39 Å². The predicted molar refractivity (Wildman–Crippen MR) is 228 cm³/mol. The van der Waals surface area contributed by atoms with Gasteiger partial charge in [-0.05, 0) is 60.5 Å². The number of likely N-dealkylation sites (tertiary alicyclic amines) is 1. The first-order valence-corrected chi connectivity index (χ1v) is 20.8. The number of hydrogen-bond acceptors (Lipinski definition) is 12. The molecule has 1 atom stereocenters. The third kappa shape index (κ3) is 7.13. The summed E-state index contributed by atoms with van der Waals surface area (Å²) in [7, 11) is 2.98. The van der Waals surface area contributed by atoms with Crippen LogP contribution < -0.4 is 29.6 Å². The molecule has 5 aromatic rings. The van der Waals surface area contributed by atoms with E-state index in [9.17, 15) is 19.2 Å². The first-order valence-electron chi connectivity index (χ1n) is 20.4. The molecule has 5 aliphatic heterocycles. The summed E-state index contributed by atoms with van der Waals surface area (Å²) in [4.78, 5) is 69.1. The third-order valence-corrected chi connectivity index (χ3v) is 12.5. The number of hydrogen-bond donors (Lipinski definition) is 2. The SMILES string of the molecule is COc1cc(Nc2ncc3c(n2)-c2ccc(Cl)cc2C(c2c(F)cccc2OC)=NC3)ccc1C(=O)N1CCC2(CC1)COc1cc3c(cc1O2)CN(C1CCC(=O)NC1=O)C3=O. The standard InChI is InChI=1S/C46H39ClFN7O8/c1-60-34-5-3-4-32(48)39(34)41-31-17-26(47)6-8-28(31)40-25(20-49-41)21-50-45(53-40)51-27-7-9-29(35(18-27)61-2)43(58)54-14-12-46(13-15-54)23-62-36-19-30-24(16-37(36)63-46)22-55(44(30)59)33-10-11-38(56)52-42(33)57/h3-9,16-19,21,33H,10-15,20,22-23H2,1-2H3,(H,50,51,53)(H,52,56,57). The van der Waals surface area contributed by atoms with E-state index in [0.717, 1.165) is 11.1 Å². The molecule has 5 aliphatic rings. The highest BCUT2D eigenvalue weighted by Gasteiger charge is 2.45. The molecule has 6 heterocycles. The molecule has 2 fully saturated rings. The Hall–Kier alpha value is -7.07. The van der Waals surface area contributed by atoms with Gasteiger partial charge in [-0.2, -0.15) is 0 Å².